The summed E-state index contributed by atoms with van der Waals surface area (Å²) >= 11 is 6.53. The third kappa shape index (κ3) is 4.24. The van der Waals surface area contributed by atoms with E-state index in [1.54, 1.807) is 31.2 Å². The second kappa shape index (κ2) is 9.82. The Bertz CT molecular complexity index is 1310. The van der Waals surface area contributed by atoms with Crippen molar-refractivity contribution in [1.82, 2.24) is 14.7 Å². The number of carbonyl (C=O) groups excluding carboxylic acids is 1. The molecule has 0 bridgehead atoms. The lowest BCUT2D eigenvalue weighted by Crippen LogP contribution is -2.51. The van der Waals surface area contributed by atoms with Crippen molar-refractivity contribution in [2.45, 2.75) is 51.6 Å². The predicted octanol–water partition coefficient (Wildman–Crippen LogP) is 5.49. The van der Waals surface area contributed by atoms with Crippen LogP contribution in [0.5, 0.6) is 0 Å². The number of benzene rings is 1. The van der Waals surface area contributed by atoms with Crippen molar-refractivity contribution in [3.05, 3.63) is 52.6 Å². The van der Waals surface area contributed by atoms with E-state index in [-0.39, 0.29) is 34.1 Å². The van der Waals surface area contributed by atoms with Crippen LogP contribution in [0.1, 0.15) is 57.3 Å². The molecule has 0 saturated heterocycles. The summed E-state index contributed by atoms with van der Waals surface area (Å²) in [6.45, 7) is 3.85. The SMILES string of the molecule is C/C=C/c1nc2nc(-c3cccc(C#N)c3F)c(Cl)cc2n1OC1(C(=O)OCC)CCCCC1. The number of fused-ring (bicyclic) bond motifs is 1. The van der Waals surface area contributed by atoms with Gasteiger partial charge in [-0.2, -0.15) is 9.99 Å². The maximum Gasteiger partial charge on any atom is 0.353 e. The van der Waals surface area contributed by atoms with E-state index < -0.39 is 17.4 Å². The second-order valence-electron chi connectivity index (χ2n) is 8.07. The lowest BCUT2D eigenvalue weighted by Gasteiger charge is -2.35. The summed E-state index contributed by atoms with van der Waals surface area (Å²) in [6.07, 6.45) is 7.24. The van der Waals surface area contributed by atoms with Crippen LogP contribution < -0.4 is 4.84 Å². The van der Waals surface area contributed by atoms with Gasteiger partial charge in [-0.25, -0.2) is 19.2 Å². The van der Waals surface area contributed by atoms with E-state index in [1.807, 2.05) is 13.0 Å². The highest BCUT2D eigenvalue weighted by atomic mass is 35.5. The molecular formula is C25H24ClFN4O3. The lowest BCUT2D eigenvalue weighted by atomic mass is 9.85. The first-order chi connectivity index (χ1) is 16.4. The van der Waals surface area contributed by atoms with Gasteiger partial charge < -0.3 is 9.57 Å². The van der Waals surface area contributed by atoms with Gasteiger partial charge in [0.2, 0.25) is 5.60 Å². The highest BCUT2D eigenvalue weighted by Crippen LogP contribution is 2.35. The molecular weight excluding hydrogens is 459 g/mol. The molecule has 2 heterocycles. The van der Waals surface area contributed by atoms with Crippen LogP contribution in [-0.2, 0) is 9.53 Å². The lowest BCUT2D eigenvalue weighted by molar-refractivity contribution is -0.177. The van der Waals surface area contributed by atoms with Gasteiger partial charge in [0.15, 0.2) is 11.5 Å². The first-order valence-electron chi connectivity index (χ1n) is 11.2. The number of hydrogen-bond acceptors (Lipinski definition) is 6. The Morgan fingerprint density at radius 3 is 2.76 bits per heavy atom. The summed E-state index contributed by atoms with van der Waals surface area (Å²) in [4.78, 5) is 28.4. The third-order valence-corrected chi connectivity index (χ3v) is 6.14. The van der Waals surface area contributed by atoms with Crippen LogP contribution in [0.4, 0.5) is 4.39 Å². The summed E-state index contributed by atoms with van der Waals surface area (Å²) in [7, 11) is 0. The Kier molecular flexibility index (Phi) is 6.85. The molecule has 0 radical (unpaired) electrons. The third-order valence-electron chi connectivity index (χ3n) is 5.85. The smallest absolute Gasteiger partial charge is 0.353 e. The van der Waals surface area contributed by atoms with E-state index in [0.717, 1.165) is 19.3 Å². The van der Waals surface area contributed by atoms with E-state index in [4.69, 9.17) is 21.2 Å². The molecule has 0 amide bonds. The van der Waals surface area contributed by atoms with Gasteiger partial charge in [-0.1, -0.05) is 30.2 Å². The van der Waals surface area contributed by atoms with Crippen LogP contribution in [0.25, 0.3) is 28.5 Å². The van der Waals surface area contributed by atoms with E-state index in [9.17, 15) is 14.4 Å². The molecule has 1 saturated carbocycles. The summed E-state index contributed by atoms with van der Waals surface area (Å²) < 4.78 is 21.6. The van der Waals surface area contributed by atoms with Crippen molar-refractivity contribution in [2.75, 3.05) is 6.61 Å². The van der Waals surface area contributed by atoms with Gasteiger partial charge in [-0.15, -0.1) is 0 Å². The van der Waals surface area contributed by atoms with Crippen LogP contribution in [0.15, 0.2) is 30.3 Å². The van der Waals surface area contributed by atoms with Crippen molar-refractivity contribution >= 4 is 34.8 Å². The molecule has 2 aromatic heterocycles. The molecule has 176 valence electrons. The Labute approximate surface area is 201 Å². The molecule has 0 atom stereocenters. The summed E-state index contributed by atoms with van der Waals surface area (Å²) in [5, 5.41) is 9.33. The summed E-state index contributed by atoms with van der Waals surface area (Å²) in [5.41, 5.74) is -0.275. The summed E-state index contributed by atoms with van der Waals surface area (Å²) in [6, 6.07) is 7.87. The molecule has 0 N–H and O–H groups in total. The molecule has 0 aliphatic heterocycles. The first kappa shape index (κ1) is 23.7. The van der Waals surface area contributed by atoms with E-state index >= 15 is 0 Å². The quantitative estimate of drug-likeness (QED) is 0.431. The second-order valence-corrected chi connectivity index (χ2v) is 8.48. The average molecular weight is 483 g/mol. The van der Waals surface area contributed by atoms with Crippen molar-refractivity contribution in [3.63, 3.8) is 0 Å². The zero-order chi connectivity index (χ0) is 24.3. The van der Waals surface area contributed by atoms with Crippen LogP contribution in [-0.4, -0.2) is 32.9 Å². The van der Waals surface area contributed by atoms with E-state index in [1.165, 1.54) is 16.9 Å². The molecule has 1 fully saturated rings. The van der Waals surface area contributed by atoms with Gasteiger partial charge >= 0.3 is 5.97 Å². The monoisotopic (exact) mass is 482 g/mol. The predicted molar refractivity (Wildman–Crippen MR) is 126 cm³/mol. The van der Waals surface area contributed by atoms with E-state index in [2.05, 4.69) is 9.97 Å². The van der Waals surface area contributed by atoms with Crippen molar-refractivity contribution in [1.29, 1.82) is 5.26 Å². The normalized spacial score (nSPS) is 15.4. The molecule has 1 aliphatic rings. The molecule has 3 aromatic rings. The Morgan fingerprint density at radius 1 is 1.32 bits per heavy atom. The van der Waals surface area contributed by atoms with Crippen LogP contribution in [0, 0.1) is 17.1 Å². The maximum atomic E-state index is 14.8. The number of carbonyl (C=O) groups is 1. The van der Waals surface area contributed by atoms with Gasteiger partial charge in [0.05, 0.1) is 22.9 Å². The fourth-order valence-electron chi connectivity index (χ4n) is 4.21. The summed E-state index contributed by atoms with van der Waals surface area (Å²) in [5.74, 6) is -0.695. The zero-order valence-electron chi connectivity index (χ0n) is 19.0. The molecule has 34 heavy (non-hydrogen) atoms. The van der Waals surface area contributed by atoms with Gasteiger partial charge in [0.25, 0.3) is 0 Å². The number of aromatic nitrogens is 3. The number of allylic oxidation sites excluding steroid dienone is 1. The van der Waals surface area contributed by atoms with Gasteiger partial charge in [0.1, 0.15) is 17.4 Å². The number of nitrogens with zero attached hydrogens (tertiary/aromatic N) is 4. The molecule has 4 rings (SSSR count). The van der Waals surface area contributed by atoms with Gasteiger partial charge in [0, 0.05) is 18.4 Å². The Balaban J connectivity index is 1.86. The van der Waals surface area contributed by atoms with Crippen molar-refractivity contribution in [2.24, 2.45) is 0 Å². The van der Waals surface area contributed by atoms with Gasteiger partial charge in [-0.05, 0) is 51.0 Å². The number of rotatable bonds is 6. The van der Waals surface area contributed by atoms with Gasteiger partial charge in [-0.3, -0.25) is 0 Å². The minimum Gasteiger partial charge on any atom is -0.463 e. The highest BCUT2D eigenvalue weighted by molar-refractivity contribution is 6.33. The fraction of sp³-hybridized carbons (Fsp3) is 0.360. The number of esters is 1. The Hall–Kier alpha value is -3.44. The number of hydrogen-bond donors (Lipinski definition) is 0. The van der Waals surface area contributed by atoms with E-state index in [0.29, 0.717) is 24.2 Å². The topological polar surface area (TPSA) is 90.0 Å². The number of halogens is 2. The number of imidazole rings is 1. The molecule has 0 unspecified atom stereocenters. The minimum absolute atomic E-state index is 0.101. The largest absolute Gasteiger partial charge is 0.463 e. The van der Waals surface area contributed by atoms with Crippen LogP contribution in [0.2, 0.25) is 5.02 Å². The molecule has 1 aromatic carbocycles. The molecule has 1 aliphatic carbocycles. The average Bonchev–Trinajstić information content (AvgIpc) is 3.15. The fourth-order valence-corrected chi connectivity index (χ4v) is 4.46. The highest BCUT2D eigenvalue weighted by Gasteiger charge is 2.45. The van der Waals surface area contributed by atoms with Crippen molar-refractivity contribution < 1.29 is 18.8 Å². The molecule has 7 nitrogen and oxygen atoms in total. The van der Waals surface area contributed by atoms with Crippen molar-refractivity contribution in [3.8, 4) is 17.3 Å². The molecule has 9 heteroatoms. The minimum atomic E-state index is -1.14. The number of nitriles is 1. The molecule has 0 spiro atoms. The number of ether oxygens (including phenoxy) is 1. The Morgan fingerprint density at radius 2 is 2.09 bits per heavy atom. The van der Waals surface area contributed by atoms with Crippen LogP contribution >= 0.6 is 11.6 Å². The first-order valence-corrected chi connectivity index (χ1v) is 11.6. The van der Waals surface area contributed by atoms with Crippen LogP contribution in [0.3, 0.4) is 0 Å². The zero-order valence-corrected chi connectivity index (χ0v) is 19.7. The maximum absolute atomic E-state index is 14.8. The number of pyridine rings is 1. The standard InChI is InChI=1S/C25H24ClFN4O3/c1-3-9-20-29-23-19(31(20)34-25(24(32)33-4-2)12-6-5-7-13-25)14-18(26)22(30-23)17-11-8-10-16(15-28)21(17)27/h3,8-11,14H,4-7,12-13H2,1-2H3/b9-3+.